The first-order valence-corrected chi connectivity index (χ1v) is 13.2. The Morgan fingerprint density at radius 1 is 0.354 bits per heavy atom. The average Bonchev–Trinajstić information content (AvgIpc) is 3.05. The summed E-state index contributed by atoms with van der Waals surface area (Å²) in [4.78, 5) is 0. The summed E-state index contributed by atoms with van der Waals surface area (Å²) < 4.78 is 181. The van der Waals surface area contributed by atoms with Gasteiger partial charge in [0, 0.05) is 0 Å². The zero-order valence-corrected chi connectivity index (χ0v) is 23.4. The quantitative estimate of drug-likeness (QED) is 0.122. The fraction of sp³-hybridized carbons (Fsp3) is 0.125. The third-order valence-corrected chi connectivity index (χ3v) is 6.93. The topological polar surface area (TPSA) is 36.9 Å². The molecule has 0 N–H and O–H groups in total. The number of alkyl halides is 6. The molecule has 0 radical (unpaired) electrons. The van der Waals surface area contributed by atoms with Crippen LogP contribution in [0, 0.1) is 0 Å². The maximum Gasteiger partial charge on any atom is 0.395 e. The van der Waals surface area contributed by atoms with Gasteiger partial charge in [-0.2, -0.15) is 52.7 Å². The SMILES string of the molecule is FC(F)=C(F)Oc1ccc(-c2ccc(OC3(F)C(F)(F)C(F)(F)C3(F)Oc3ccc(-c4ccc(OC(F)=C(F)F)cc4)cc3)cc2)cc1. The van der Waals surface area contributed by atoms with E-state index in [1.54, 1.807) is 0 Å². The molecule has 2 unspecified atom stereocenters. The molecule has 1 aliphatic rings. The molecule has 1 saturated carbocycles. The molecule has 5 rings (SSSR count). The summed E-state index contributed by atoms with van der Waals surface area (Å²) in [6.45, 7) is 0. The van der Waals surface area contributed by atoms with Gasteiger partial charge in [0.05, 0.1) is 0 Å². The molecular formula is C32H16F12O4. The van der Waals surface area contributed by atoms with Crippen molar-refractivity contribution in [1.29, 1.82) is 0 Å². The van der Waals surface area contributed by atoms with Crippen molar-refractivity contribution in [3.8, 4) is 45.3 Å². The van der Waals surface area contributed by atoms with Crippen LogP contribution in [-0.4, -0.2) is 23.6 Å². The van der Waals surface area contributed by atoms with Gasteiger partial charge in [-0.25, -0.2) is 0 Å². The first kappa shape index (κ1) is 34.1. The zero-order valence-electron chi connectivity index (χ0n) is 23.4. The highest BCUT2D eigenvalue weighted by Gasteiger charge is 3.03. The number of hydrogen-bond acceptors (Lipinski definition) is 4. The van der Waals surface area contributed by atoms with Crippen LogP contribution in [0.15, 0.2) is 121 Å². The third-order valence-electron chi connectivity index (χ3n) is 6.93. The molecule has 1 fully saturated rings. The number of ether oxygens (including phenoxy) is 4. The van der Waals surface area contributed by atoms with Gasteiger partial charge in [0.1, 0.15) is 23.0 Å². The predicted octanol–water partition coefficient (Wildman–Crippen LogP) is 10.9. The van der Waals surface area contributed by atoms with Gasteiger partial charge in [0.15, 0.2) is 0 Å². The lowest BCUT2D eigenvalue weighted by Crippen LogP contribution is -2.89. The second-order valence-corrected chi connectivity index (χ2v) is 9.91. The standard InChI is InChI=1S/C32H16F12O4/c33-25(34)27(37)45-21-9-1-17(2-10-21)19-5-13-23(14-6-19)47-31(43)29(39,40)30(41,42)32(31,44)48-24-15-7-20(8-16-24)18-3-11-22(12-4-18)46-28(38)26(35)36/h1-16H. The van der Waals surface area contributed by atoms with E-state index in [1.165, 1.54) is 24.3 Å². The van der Waals surface area contributed by atoms with Crippen molar-refractivity contribution in [1.82, 2.24) is 0 Å². The van der Waals surface area contributed by atoms with Crippen LogP contribution in [0.2, 0.25) is 0 Å². The Kier molecular flexibility index (Phi) is 8.79. The van der Waals surface area contributed by atoms with Gasteiger partial charge in [0.2, 0.25) is 0 Å². The fourth-order valence-corrected chi connectivity index (χ4v) is 4.48. The predicted molar refractivity (Wildman–Crippen MR) is 145 cm³/mol. The minimum absolute atomic E-state index is 0.280. The summed E-state index contributed by atoms with van der Waals surface area (Å²) in [6, 6.07) is 13.4. The van der Waals surface area contributed by atoms with E-state index in [4.69, 9.17) is 0 Å². The van der Waals surface area contributed by atoms with Gasteiger partial charge in [0.25, 0.3) is 0 Å². The van der Waals surface area contributed by atoms with E-state index < -0.39 is 59.2 Å². The summed E-state index contributed by atoms with van der Waals surface area (Å²) in [5, 5.41) is 0. The Balaban J connectivity index is 1.32. The maximum absolute atomic E-state index is 15.6. The van der Waals surface area contributed by atoms with Crippen molar-refractivity contribution in [3.63, 3.8) is 0 Å². The van der Waals surface area contributed by atoms with E-state index in [2.05, 4.69) is 18.9 Å². The summed E-state index contributed by atoms with van der Waals surface area (Å²) >= 11 is 0. The average molecular weight is 692 g/mol. The summed E-state index contributed by atoms with van der Waals surface area (Å²) in [6.07, 6.45) is -5.37. The van der Waals surface area contributed by atoms with E-state index in [9.17, 15) is 43.9 Å². The highest BCUT2D eigenvalue weighted by Crippen LogP contribution is 2.68. The fourth-order valence-electron chi connectivity index (χ4n) is 4.48. The minimum atomic E-state index is -5.71. The molecule has 4 aromatic rings. The van der Waals surface area contributed by atoms with Crippen LogP contribution >= 0.6 is 0 Å². The molecule has 0 bridgehead atoms. The van der Waals surface area contributed by atoms with Crippen LogP contribution in [0.3, 0.4) is 0 Å². The first-order chi connectivity index (χ1) is 22.5. The summed E-state index contributed by atoms with van der Waals surface area (Å²) in [7, 11) is 0. The molecule has 4 aromatic carbocycles. The molecule has 2 atom stereocenters. The second kappa shape index (κ2) is 12.4. The van der Waals surface area contributed by atoms with E-state index in [0.717, 1.165) is 72.8 Å². The molecule has 48 heavy (non-hydrogen) atoms. The molecule has 0 amide bonds. The molecule has 4 nitrogen and oxygen atoms in total. The van der Waals surface area contributed by atoms with Gasteiger partial charge < -0.3 is 18.9 Å². The van der Waals surface area contributed by atoms with Crippen molar-refractivity contribution in [2.24, 2.45) is 0 Å². The Morgan fingerprint density at radius 2 is 0.583 bits per heavy atom. The molecule has 0 aromatic heterocycles. The van der Waals surface area contributed by atoms with Gasteiger partial charge >= 0.3 is 47.7 Å². The maximum atomic E-state index is 15.6. The van der Waals surface area contributed by atoms with Crippen molar-refractivity contribution < 1.29 is 71.6 Å². The second-order valence-electron chi connectivity index (χ2n) is 9.91. The van der Waals surface area contributed by atoms with Crippen LogP contribution in [0.5, 0.6) is 23.0 Å². The smallest absolute Gasteiger partial charge is 0.395 e. The van der Waals surface area contributed by atoms with Crippen molar-refractivity contribution in [2.75, 3.05) is 0 Å². The van der Waals surface area contributed by atoms with Crippen LogP contribution < -0.4 is 18.9 Å². The lowest BCUT2D eigenvalue weighted by atomic mass is 9.76. The Bertz CT molecular complexity index is 1700. The van der Waals surface area contributed by atoms with Crippen LogP contribution in [0.25, 0.3) is 22.3 Å². The normalized spacial score (nSPS) is 20.6. The molecule has 252 valence electrons. The Hall–Kier alpha value is -5.28. The van der Waals surface area contributed by atoms with E-state index in [-0.39, 0.29) is 22.6 Å². The van der Waals surface area contributed by atoms with Crippen molar-refractivity contribution >= 4 is 0 Å². The zero-order chi connectivity index (χ0) is 35.1. The van der Waals surface area contributed by atoms with E-state index >= 15 is 8.78 Å². The summed E-state index contributed by atoms with van der Waals surface area (Å²) in [5.74, 6) is -23.7. The van der Waals surface area contributed by atoms with Crippen LogP contribution in [0.1, 0.15) is 0 Å². The number of rotatable bonds is 10. The van der Waals surface area contributed by atoms with E-state index in [1.807, 2.05) is 0 Å². The van der Waals surface area contributed by atoms with Crippen molar-refractivity contribution in [3.05, 3.63) is 121 Å². The number of halogens is 12. The highest BCUT2D eigenvalue weighted by molar-refractivity contribution is 5.66. The largest absolute Gasteiger partial charge is 0.447 e. The molecule has 0 saturated heterocycles. The van der Waals surface area contributed by atoms with E-state index in [0.29, 0.717) is 11.1 Å². The lowest BCUT2D eigenvalue weighted by Gasteiger charge is -2.55. The van der Waals surface area contributed by atoms with Gasteiger partial charge in [-0.1, -0.05) is 48.5 Å². The third kappa shape index (κ3) is 5.86. The Morgan fingerprint density at radius 3 is 0.812 bits per heavy atom. The highest BCUT2D eigenvalue weighted by atomic mass is 19.3. The van der Waals surface area contributed by atoms with Crippen LogP contribution in [0.4, 0.5) is 52.7 Å². The van der Waals surface area contributed by atoms with Gasteiger partial charge in [-0.15, -0.1) is 0 Å². The molecule has 16 heteroatoms. The summed E-state index contributed by atoms with van der Waals surface area (Å²) in [5.41, 5.74) is 1.23. The molecule has 0 aliphatic heterocycles. The molecule has 0 heterocycles. The Labute approximate surface area is 262 Å². The van der Waals surface area contributed by atoms with Crippen LogP contribution in [-0.2, 0) is 0 Å². The first-order valence-electron chi connectivity index (χ1n) is 13.2. The number of hydrogen-bond donors (Lipinski definition) is 0. The minimum Gasteiger partial charge on any atom is -0.447 e. The molecule has 1 aliphatic carbocycles. The lowest BCUT2D eigenvalue weighted by molar-refractivity contribution is -0.527. The molecular weight excluding hydrogens is 676 g/mol. The molecule has 0 spiro atoms. The number of benzene rings is 4. The van der Waals surface area contributed by atoms with Gasteiger partial charge in [-0.05, 0) is 70.8 Å². The monoisotopic (exact) mass is 692 g/mol. The van der Waals surface area contributed by atoms with Gasteiger partial charge in [-0.3, -0.25) is 0 Å². The van der Waals surface area contributed by atoms with Crippen molar-refractivity contribution in [2.45, 2.75) is 23.6 Å².